The van der Waals surface area contributed by atoms with Crippen LogP contribution in [0.25, 0.3) is 0 Å². The Labute approximate surface area is 124 Å². The summed E-state index contributed by atoms with van der Waals surface area (Å²) in [5.74, 6) is -0.672. The summed E-state index contributed by atoms with van der Waals surface area (Å²) >= 11 is 5.64. The van der Waals surface area contributed by atoms with Crippen LogP contribution in [-0.2, 0) is 6.61 Å². The van der Waals surface area contributed by atoms with Gasteiger partial charge in [0.1, 0.15) is 12.4 Å². The predicted octanol–water partition coefficient (Wildman–Crippen LogP) is 3.84. The molecule has 0 heterocycles. The molecule has 2 rings (SSSR count). The first-order chi connectivity index (χ1) is 10.0. The number of nitro benzene ring substituents is 1. The van der Waals surface area contributed by atoms with Crippen molar-refractivity contribution >= 4 is 17.3 Å². The minimum absolute atomic E-state index is 0.0432. The molecule has 0 atom stereocenters. The molecule has 0 amide bonds. The lowest BCUT2D eigenvalue weighted by atomic mass is 10.2. The first kappa shape index (κ1) is 14.8. The molecule has 0 aromatic heterocycles. The third kappa shape index (κ3) is 3.27. The molecule has 2 aromatic rings. The predicted molar refractivity (Wildman–Crippen MR) is 73.6 cm³/mol. The summed E-state index contributed by atoms with van der Waals surface area (Å²) in [6.45, 7) is -0.209. The summed E-state index contributed by atoms with van der Waals surface area (Å²) < 4.78 is 19.0. The van der Waals surface area contributed by atoms with E-state index < -0.39 is 10.7 Å². The molecular formula is C14H8ClFN2O3. The average molecular weight is 307 g/mol. The number of benzene rings is 2. The number of nitrogens with zero attached hydrogens (tertiary/aromatic N) is 2. The van der Waals surface area contributed by atoms with Gasteiger partial charge >= 0.3 is 5.69 Å². The molecule has 0 aliphatic rings. The monoisotopic (exact) mass is 306 g/mol. The van der Waals surface area contributed by atoms with Gasteiger partial charge in [-0.05, 0) is 18.2 Å². The van der Waals surface area contributed by atoms with Gasteiger partial charge in [0.25, 0.3) is 0 Å². The Morgan fingerprint density at radius 2 is 2.14 bits per heavy atom. The van der Waals surface area contributed by atoms with E-state index in [9.17, 15) is 14.5 Å². The number of nitro groups is 1. The molecule has 0 spiro atoms. The van der Waals surface area contributed by atoms with Crippen molar-refractivity contribution in [3.63, 3.8) is 0 Å². The second-order valence-corrected chi connectivity index (χ2v) is 4.46. The molecule has 0 saturated carbocycles. The number of halogens is 2. The fraction of sp³-hybridized carbons (Fsp3) is 0.0714. The number of hydrogen-bond donors (Lipinski definition) is 0. The quantitative estimate of drug-likeness (QED) is 0.635. The Morgan fingerprint density at radius 1 is 1.38 bits per heavy atom. The van der Waals surface area contributed by atoms with E-state index >= 15 is 0 Å². The summed E-state index contributed by atoms with van der Waals surface area (Å²) in [7, 11) is 0. The Hall–Kier alpha value is -2.65. The standard InChI is InChI=1S/C14H8ClFN2O3/c15-11-3-1-2-10(14(11)16)8-21-13-5-4-9(7-17)6-12(13)18(19)20/h1-6H,8H2. The molecule has 0 aliphatic heterocycles. The first-order valence-electron chi connectivity index (χ1n) is 5.77. The van der Waals surface area contributed by atoms with Crippen molar-refractivity contribution < 1.29 is 14.1 Å². The van der Waals surface area contributed by atoms with E-state index in [1.54, 1.807) is 12.1 Å². The van der Waals surface area contributed by atoms with E-state index in [2.05, 4.69) is 0 Å². The van der Waals surface area contributed by atoms with Gasteiger partial charge in [0.05, 0.1) is 21.6 Å². The summed E-state index contributed by atoms with van der Waals surface area (Å²) in [4.78, 5) is 10.3. The zero-order valence-electron chi connectivity index (χ0n) is 10.5. The molecule has 2 aromatic carbocycles. The van der Waals surface area contributed by atoms with E-state index in [1.165, 1.54) is 24.3 Å². The van der Waals surface area contributed by atoms with Crippen molar-refractivity contribution in [2.24, 2.45) is 0 Å². The highest BCUT2D eigenvalue weighted by Crippen LogP contribution is 2.29. The van der Waals surface area contributed by atoms with E-state index in [0.29, 0.717) is 0 Å². The van der Waals surface area contributed by atoms with Gasteiger partial charge in [0.2, 0.25) is 0 Å². The smallest absolute Gasteiger partial charge is 0.312 e. The maximum Gasteiger partial charge on any atom is 0.312 e. The minimum Gasteiger partial charge on any atom is -0.482 e. The van der Waals surface area contributed by atoms with E-state index in [0.717, 1.165) is 6.07 Å². The zero-order chi connectivity index (χ0) is 15.4. The highest BCUT2D eigenvalue weighted by molar-refractivity contribution is 6.30. The fourth-order valence-electron chi connectivity index (χ4n) is 1.67. The van der Waals surface area contributed by atoms with E-state index in [1.807, 2.05) is 0 Å². The number of rotatable bonds is 4. The maximum atomic E-state index is 13.7. The largest absolute Gasteiger partial charge is 0.482 e. The van der Waals surface area contributed by atoms with Crippen LogP contribution >= 0.6 is 11.6 Å². The SMILES string of the molecule is N#Cc1ccc(OCc2cccc(Cl)c2F)c([N+](=O)[O-])c1. The zero-order valence-corrected chi connectivity index (χ0v) is 11.3. The van der Waals surface area contributed by atoms with Crippen LogP contribution in [-0.4, -0.2) is 4.92 Å². The van der Waals surface area contributed by atoms with Gasteiger partial charge in [-0.2, -0.15) is 5.26 Å². The molecule has 0 aliphatic carbocycles. The number of nitriles is 1. The number of hydrogen-bond acceptors (Lipinski definition) is 4. The summed E-state index contributed by atoms with van der Waals surface area (Å²) in [6, 6.07) is 10.0. The van der Waals surface area contributed by atoms with Crippen LogP contribution in [0.4, 0.5) is 10.1 Å². The van der Waals surface area contributed by atoms with Crippen LogP contribution in [0.3, 0.4) is 0 Å². The molecular weight excluding hydrogens is 299 g/mol. The van der Waals surface area contributed by atoms with Gasteiger partial charge in [-0.15, -0.1) is 0 Å². The fourth-order valence-corrected chi connectivity index (χ4v) is 1.86. The summed E-state index contributed by atoms with van der Waals surface area (Å²) in [6.07, 6.45) is 0. The van der Waals surface area contributed by atoms with Crippen LogP contribution in [0.1, 0.15) is 11.1 Å². The molecule has 5 nitrogen and oxygen atoms in total. The molecule has 0 radical (unpaired) electrons. The van der Waals surface area contributed by atoms with Crippen molar-refractivity contribution in [3.8, 4) is 11.8 Å². The van der Waals surface area contributed by atoms with E-state index in [4.69, 9.17) is 21.6 Å². The van der Waals surface area contributed by atoms with Crippen LogP contribution in [0.2, 0.25) is 5.02 Å². The first-order valence-corrected chi connectivity index (χ1v) is 6.15. The average Bonchev–Trinajstić information content (AvgIpc) is 2.48. The van der Waals surface area contributed by atoms with Gasteiger partial charge in [-0.3, -0.25) is 10.1 Å². The Bertz CT molecular complexity index is 743. The van der Waals surface area contributed by atoms with Crippen molar-refractivity contribution in [3.05, 3.63) is 68.5 Å². The van der Waals surface area contributed by atoms with Gasteiger partial charge in [0, 0.05) is 11.6 Å². The molecule has 106 valence electrons. The van der Waals surface area contributed by atoms with Gasteiger partial charge in [0.15, 0.2) is 5.75 Å². The van der Waals surface area contributed by atoms with Crippen molar-refractivity contribution in [2.45, 2.75) is 6.61 Å². The Balaban J connectivity index is 2.26. The van der Waals surface area contributed by atoms with Crippen LogP contribution in [0.15, 0.2) is 36.4 Å². The minimum atomic E-state index is -0.662. The molecule has 21 heavy (non-hydrogen) atoms. The molecule has 7 heteroatoms. The Morgan fingerprint density at radius 3 is 2.81 bits per heavy atom. The van der Waals surface area contributed by atoms with Crippen LogP contribution in [0.5, 0.6) is 5.75 Å². The third-order valence-corrected chi connectivity index (χ3v) is 2.99. The maximum absolute atomic E-state index is 13.7. The molecule has 0 saturated heterocycles. The van der Waals surface area contributed by atoms with Gasteiger partial charge in [-0.25, -0.2) is 4.39 Å². The highest BCUT2D eigenvalue weighted by atomic mass is 35.5. The normalized spacial score (nSPS) is 9.95. The third-order valence-electron chi connectivity index (χ3n) is 2.70. The summed E-state index contributed by atoms with van der Waals surface area (Å²) in [5.41, 5.74) is -0.0272. The highest BCUT2D eigenvalue weighted by Gasteiger charge is 2.17. The lowest BCUT2D eigenvalue weighted by Gasteiger charge is -2.08. The van der Waals surface area contributed by atoms with Gasteiger partial charge < -0.3 is 4.74 Å². The van der Waals surface area contributed by atoms with Gasteiger partial charge in [-0.1, -0.05) is 23.7 Å². The molecule has 0 N–H and O–H groups in total. The second-order valence-electron chi connectivity index (χ2n) is 4.05. The van der Waals surface area contributed by atoms with Crippen molar-refractivity contribution in [2.75, 3.05) is 0 Å². The topological polar surface area (TPSA) is 76.2 Å². The lowest BCUT2D eigenvalue weighted by molar-refractivity contribution is -0.386. The van der Waals surface area contributed by atoms with E-state index in [-0.39, 0.29) is 34.2 Å². The van der Waals surface area contributed by atoms with Crippen LogP contribution < -0.4 is 4.74 Å². The second kappa shape index (κ2) is 6.20. The molecule has 0 fully saturated rings. The Kier molecular flexibility index (Phi) is 4.36. The molecule has 0 bridgehead atoms. The molecule has 0 unspecified atom stereocenters. The summed E-state index contributed by atoms with van der Waals surface area (Å²) in [5, 5.41) is 19.6. The van der Waals surface area contributed by atoms with Crippen molar-refractivity contribution in [1.29, 1.82) is 5.26 Å². The van der Waals surface area contributed by atoms with Crippen molar-refractivity contribution in [1.82, 2.24) is 0 Å². The lowest BCUT2D eigenvalue weighted by Crippen LogP contribution is -2.01. The van der Waals surface area contributed by atoms with Crippen LogP contribution in [0, 0.1) is 27.3 Å². The number of ether oxygens (including phenoxy) is 1.